The molecule has 2 heteroatoms. The molecule has 1 aromatic carbocycles. The van der Waals surface area contributed by atoms with Crippen molar-refractivity contribution in [3.8, 4) is 0 Å². The number of Topliss-reactive ketones (excluding diaryl/α,β-unsaturated/α-hetero) is 1. The van der Waals surface area contributed by atoms with Crippen LogP contribution in [0.4, 0.5) is 5.69 Å². The quantitative estimate of drug-likeness (QED) is 0.749. The number of anilines is 1. The molecule has 0 saturated heterocycles. The summed E-state index contributed by atoms with van der Waals surface area (Å²) in [4.78, 5) is 11.5. The topological polar surface area (TPSA) is 29.1 Å². The maximum atomic E-state index is 11.5. The molecule has 0 aliphatic rings. The van der Waals surface area contributed by atoms with Crippen LogP contribution in [0.1, 0.15) is 50.9 Å². The number of rotatable bonds is 6. The van der Waals surface area contributed by atoms with Crippen LogP contribution in [0.15, 0.2) is 24.3 Å². The van der Waals surface area contributed by atoms with Gasteiger partial charge in [-0.1, -0.05) is 27.2 Å². The van der Waals surface area contributed by atoms with Crippen LogP contribution < -0.4 is 5.32 Å². The summed E-state index contributed by atoms with van der Waals surface area (Å²) < 4.78 is 0. The average molecular weight is 233 g/mol. The van der Waals surface area contributed by atoms with Crippen LogP contribution in [0.3, 0.4) is 0 Å². The number of hydrogen-bond donors (Lipinski definition) is 1. The normalized spacial score (nSPS) is 14.1. The van der Waals surface area contributed by atoms with E-state index in [9.17, 15) is 4.79 Å². The van der Waals surface area contributed by atoms with Crippen molar-refractivity contribution >= 4 is 11.5 Å². The number of carbonyl (C=O) groups excluding carboxylic acids is 1. The molecule has 2 atom stereocenters. The molecule has 94 valence electrons. The highest BCUT2D eigenvalue weighted by atomic mass is 16.1. The maximum absolute atomic E-state index is 11.5. The summed E-state index contributed by atoms with van der Waals surface area (Å²) in [5.74, 6) is 0.846. The fraction of sp³-hybridized carbons (Fsp3) is 0.533. The molecule has 0 aliphatic heterocycles. The molecule has 0 radical (unpaired) electrons. The van der Waals surface area contributed by atoms with E-state index in [2.05, 4.69) is 26.1 Å². The molecule has 1 N–H and O–H groups in total. The van der Waals surface area contributed by atoms with E-state index < -0.39 is 0 Å². The number of hydrogen-bond acceptors (Lipinski definition) is 2. The Kier molecular flexibility index (Phi) is 5.20. The Morgan fingerprint density at radius 2 is 1.76 bits per heavy atom. The van der Waals surface area contributed by atoms with Gasteiger partial charge in [-0.3, -0.25) is 4.79 Å². The lowest BCUT2D eigenvalue weighted by atomic mass is 10.0. The molecule has 0 spiro atoms. The molecule has 17 heavy (non-hydrogen) atoms. The largest absolute Gasteiger partial charge is 0.382 e. The van der Waals surface area contributed by atoms with Crippen molar-refractivity contribution in [1.82, 2.24) is 0 Å². The second kappa shape index (κ2) is 6.43. The van der Waals surface area contributed by atoms with E-state index >= 15 is 0 Å². The lowest BCUT2D eigenvalue weighted by Gasteiger charge is -2.21. The zero-order valence-electron chi connectivity index (χ0n) is 11.3. The van der Waals surface area contributed by atoms with Gasteiger partial charge < -0.3 is 5.32 Å². The van der Waals surface area contributed by atoms with Gasteiger partial charge in [-0.25, -0.2) is 0 Å². The van der Waals surface area contributed by atoms with Crippen molar-refractivity contribution in [2.24, 2.45) is 5.92 Å². The molecule has 0 amide bonds. The highest BCUT2D eigenvalue weighted by Crippen LogP contribution is 2.16. The molecule has 0 saturated carbocycles. The Balaban J connectivity index is 2.65. The Morgan fingerprint density at radius 3 is 2.24 bits per heavy atom. The maximum Gasteiger partial charge on any atom is 0.162 e. The molecule has 0 aliphatic carbocycles. The Hall–Kier alpha value is -1.31. The first-order valence-electron chi connectivity index (χ1n) is 6.48. The first-order chi connectivity index (χ1) is 8.08. The summed E-state index contributed by atoms with van der Waals surface area (Å²) in [5, 5.41) is 3.47. The van der Waals surface area contributed by atoms with Crippen LogP contribution in [0, 0.1) is 5.92 Å². The molecular weight excluding hydrogens is 210 g/mol. The molecule has 0 bridgehead atoms. The summed E-state index contributed by atoms with van der Waals surface area (Å²) in [6, 6.07) is 8.23. The Bertz CT molecular complexity index is 356. The average Bonchev–Trinajstić information content (AvgIpc) is 2.37. The third kappa shape index (κ3) is 3.88. The standard InChI is InChI=1S/C15H23NO/c1-5-11(3)12(4)16-14-9-7-13(8-10-14)15(17)6-2/h7-12,16H,5-6H2,1-4H3. The monoisotopic (exact) mass is 233 g/mol. The smallest absolute Gasteiger partial charge is 0.162 e. The first kappa shape index (κ1) is 13.8. The van der Waals surface area contributed by atoms with Crippen molar-refractivity contribution in [3.63, 3.8) is 0 Å². The van der Waals surface area contributed by atoms with Gasteiger partial charge in [0, 0.05) is 23.7 Å². The Morgan fingerprint density at radius 1 is 1.18 bits per heavy atom. The number of ketones is 1. The molecule has 2 unspecified atom stereocenters. The van der Waals surface area contributed by atoms with Crippen molar-refractivity contribution in [1.29, 1.82) is 0 Å². The minimum absolute atomic E-state index is 0.200. The highest BCUT2D eigenvalue weighted by molar-refractivity contribution is 5.96. The van der Waals surface area contributed by atoms with Gasteiger partial charge >= 0.3 is 0 Å². The number of benzene rings is 1. The van der Waals surface area contributed by atoms with Gasteiger partial charge in [0.1, 0.15) is 0 Å². The minimum atomic E-state index is 0.200. The summed E-state index contributed by atoms with van der Waals surface area (Å²) in [6.07, 6.45) is 1.73. The minimum Gasteiger partial charge on any atom is -0.382 e. The first-order valence-corrected chi connectivity index (χ1v) is 6.48. The predicted molar refractivity (Wildman–Crippen MR) is 73.6 cm³/mol. The van der Waals surface area contributed by atoms with Gasteiger partial charge in [-0.05, 0) is 37.1 Å². The van der Waals surface area contributed by atoms with Gasteiger partial charge in [0.25, 0.3) is 0 Å². The molecule has 1 rings (SSSR count). The summed E-state index contributed by atoms with van der Waals surface area (Å²) >= 11 is 0. The van der Waals surface area contributed by atoms with Crippen LogP contribution in [0.25, 0.3) is 0 Å². The third-order valence-corrected chi connectivity index (χ3v) is 3.42. The van der Waals surface area contributed by atoms with Crippen molar-refractivity contribution in [2.75, 3.05) is 5.32 Å². The van der Waals surface area contributed by atoms with Crippen LogP contribution in [-0.2, 0) is 0 Å². The molecule has 1 aromatic rings. The second-order valence-corrected chi connectivity index (χ2v) is 4.67. The van der Waals surface area contributed by atoms with E-state index in [-0.39, 0.29) is 5.78 Å². The molecule has 0 heterocycles. The van der Waals surface area contributed by atoms with E-state index in [0.717, 1.165) is 11.3 Å². The van der Waals surface area contributed by atoms with E-state index in [4.69, 9.17) is 0 Å². The molecule has 2 nitrogen and oxygen atoms in total. The fourth-order valence-electron chi connectivity index (χ4n) is 1.72. The summed E-state index contributed by atoms with van der Waals surface area (Å²) in [6.45, 7) is 8.53. The number of carbonyl (C=O) groups is 1. The summed E-state index contributed by atoms with van der Waals surface area (Å²) in [5.41, 5.74) is 1.89. The van der Waals surface area contributed by atoms with E-state index in [0.29, 0.717) is 18.4 Å². The second-order valence-electron chi connectivity index (χ2n) is 4.67. The van der Waals surface area contributed by atoms with Crippen LogP contribution >= 0.6 is 0 Å². The van der Waals surface area contributed by atoms with E-state index in [1.807, 2.05) is 31.2 Å². The SMILES string of the molecule is CCC(=O)c1ccc(NC(C)C(C)CC)cc1. The fourth-order valence-corrected chi connectivity index (χ4v) is 1.72. The predicted octanol–water partition coefficient (Wildman–Crippen LogP) is 4.13. The van der Waals surface area contributed by atoms with Crippen molar-refractivity contribution in [3.05, 3.63) is 29.8 Å². The zero-order chi connectivity index (χ0) is 12.8. The molecule has 0 aromatic heterocycles. The van der Waals surface area contributed by atoms with Gasteiger partial charge in [0.15, 0.2) is 5.78 Å². The highest BCUT2D eigenvalue weighted by Gasteiger charge is 2.09. The van der Waals surface area contributed by atoms with E-state index in [1.165, 1.54) is 6.42 Å². The van der Waals surface area contributed by atoms with Crippen LogP contribution in [-0.4, -0.2) is 11.8 Å². The van der Waals surface area contributed by atoms with Crippen LogP contribution in [0.5, 0.6) is 0 Å². The summed E-state index contributed by atoms with van der Waals surface area (Å²) in [7, 11) is 0. The van der Waals surface area contributed by atoms with Crippen molar-refractivity contribution < 1.29 is 4.79 Å². The molecular formula is C15H23NO. The van der Waals surface area contributed by atoms with Crippen molar-refractivity contribution in [2.45, 2.75) is 46.6 Å². The lowest BCUT2D eigenvalue weighted by Crippen LogP contribution is -2.23. The van der Waals surface area contributed by atoms with Gasteiger partial charge in [-0.2, -0.15) is 0 Å². The lowest BCUT2D eigenvalue weighted by molar-refractivity contribution is 0.0988. The Labute approximate surface area is 104 Å². The number of nitrogens with one attached hydrogen (secondary N) is 1. The molecule has 0 fully saturated rings. The van der Waals surface area contributed by atoms with Gasteiger partial charge in [0.2, 0.25) is 0 Å². The zero-order valence-corrected chi connectivity index (χ0v) is 11.3. The van der Waals surface area contributed by atoms with Crippen LogP contribution in [0.2, 0.25) is 0 Å². The third-order valence-electron chi connectivity index (χ3n) is 3.42. The van der Waals surface area contributed by atoms with Gasteiger partial charge in [0.05, 0.1) is 0 Å². The van der Waals surface area contributed by atoms with E-state index in [1.54, 1.807) is 0 Å². The van der Waals surface area contributed by atoms with Gasteiger partial charge in [-0.15, -0.1) is 0 Å².